The van der Waals surface area contributed by atoms with Gasteiger partial charge in [0.2, 0.25) is 0 Å². The molecule has 0 aliphatic carbocycles. The van der Waals surface area contributed by atoms with E-state index < -0.39 is 0 Å². The van der Waals surface area contributed by atoms with Crippen molar-refractivity contribution < 1.29 is 0 Å². The fourth-order valence-electron chi connectivity index (χ4n) is 1.26. The molecule has 2 heteroatoms. The number of aliphatic imine (C=N–C) groups is 1. The van der Waals surface area contributed by atoms with Crippen LogP contribution in [-0.4, -0.2) is 24.8 Å². The van der Waals surface area contributed by atoms with E-state index in [2.05, 4.69) is 37.2 Å². The molecule has 1 N–H and O–H groups in total. The molecule has 0 spiro atoms. The third-order valence-electron chi connectivity index (χ3n) is 1.95. The van der Waals surface area contributed by atoms with Crippen molar-refractivity contribution in [3.63, 3.8) is 0 Å². The zero-order valence-corrected chi connectivity index (χ0v) is 8.17. The highest BCUT2D eigenvalue weighted by Crippen LogP contribution is 2.10. The molecule has 1 atom stereocenters. The van der Waals surface area contributed by atoms with Crippen molar-refractivity contribution >= 4 is 6.21 Å². The van der Waals surface area contributed by atoms with Crippen LogP contribution in [0, 0.1) is 0 Å². The maximum absolute atomic E-state index is 4.28. The van der Waals surface area contributed by atoms with E-state index in [1.54, 1.807) is 0 Å². The second kappa shape index (κ2) is 4.41. The highest BCUT2D eigenvalue weighted by molar-refractivity contribution is 5.73. The van der Waals surface area contributed by atoms with E-state index in [1.165, 1.54) is 5.57 Å². The zero-order valence-electron chi connectivity index (χ0n) is 8.17. The summed E-state index contributed by atoms with van der Waals surface area (Å²) in [5.74, 6) is 0. The fourth-order valence-corrected chi connectivity index (χ4v) is 1.26. The maximum atomic E-state index is 4.28. The number of rotatable bonds is 3. The van der Waals surface area contributed by atoms with E-state index in [-0.39, 0.29) is 0 Å². The molecule has 0 aromatic rings. The Labute approximate surface area is 74.8 Å². The van der Waals surface area contributed by atoms with Crippen LogP contribution in [0.3, 0.4) is 0 Å². The summed E-state index contributed by atoms with van der Waals surface area (Å²) >= 11 is 0. The van der Waals surface area contributed by atoms with Gasteiger partial charge >= 0.3 is 0 Å². The smallest absolute Gasteiger partial charge is 0.0509 e. The van der Waals surface area contributed by atoms with Crippen molar-refractivity contribution in [1.82, 2.24) is 5.32 Å². The SMILES string of the molecule is CC1CC(CNC(C)C)=CC=N1. The molecule has 12 heavy (non-hydrogen) atoms. The lowest BCUT2D eigenvalue weighted by molar-refractivity contribution is 0.598. The molecule has 1 unspecified atom stereocenters. The van der Waals surface area contributed by atoms with Crippen LogP contribution < -0.4 is 5.32 Å². The zero-order chi connectivity index (χ0) is 8.97. The van der Waals surface area contributed by atoms with Gasteiger partial charge in [0, 0.05) is 18.8 Å². The van der Waals surface area contributed by atoms with Gasteiger partial charge in [-0.25, -0.2) is 0 Å². The van der Waals surface area contributed by atoms with E-state index in [9.17, 15) is 0 Å². The minimum Gasteiger partial charge on any atom is -0.311 e. The van der Waals surface area contributed by atoms with E-state index in [1.807, 2.05) is 6.21 Å². The number of nitrogens with zero attached hydrogens (tertiary/aromatic N) is 1. The first-order chi connectivity index (χ1) is 5.68. The molecule has 0 bridgehead atoms. The lowest BCUT2D eigenvalue weighted by atomic mass is 10.1. The van der Waals surface area contributed by atoms with Crippen molar-refractivity contribution in [3.05, 3.63) is 11.6 Å². The first kappa shape index (κ1) is 9.46. The molecule has 1 aliphatic heterocycles. The van der Waals surface area contributed by atoms with Crippen LogP contribution in [0.5, 0.6) is 0 Å². The van der Waals surface area contributed by atoms with Gasteiger partial charge in [-0.05, 0) is 19.4 Å². The Kier molecular flexibility index (Phi) is 3.48. The Morgan fingerprint density at radius 2 is 2.42 bits per heavy atom. The highest BCUT2D eigenvalue weighted by Gasteiger charge is 2.06. The molecule has 68 valence electrons. The summed E-state index contributed by atoms with van der Waals surface area (Å²) in [5.41, 5.74) is 1.46. The molecule has 0 fully saturated rings. The van der Waals surface area contributed by atoms with Gasteiger partial charge in [0.25, 0.3) is 0 Å². The standard InChI is InChI=1S/C10H18N2/c1-8(2)12-7-10-4-5-11-9(3)6-10/h4-5,8-9,12H,6-7H2,1-3H3. The van der Waals surface area contributed by atoms with Crippen molar-refractivity contribution in [2.24, 2.45) is 4.99 Å². The van der Waals surface area contributed by atoms with Crippen molar-refractivity contribution in [1.29, 1.82) is 0 Å². The molecule has 0 amide bonds. The van der Waals surface area contributed by atoms with Crippen LogP contribution in [0.1, 0.15) is 27.2 Å². The number of dihydropyridines is 1. The van der Waals surface area contributed by atoms with Crippen LogP contribution >= 0.6 is 0 Å². The van der Waals surface area contributed by atoms with Crippen molar-refractivity contribution in [2.75, 3.05) is 6.54 Å². The normalized spacial score (nSPS) is 23.0. The van der Waals surface area contributed by atoms with Gasteiger partial charge in [0.05, 0.1) is 6.04 Å². The summed E-state index contributed by atoms with van der Waals surface area (Å²) in [6.07, 6.45) is 5.15. The Morgan fingerprint density at radius 3 is 3.00 bits per heavy atom. The van der Waals surface area contributed by atoms with Crippen molar-refractivity contribution in [3.8, 4) is 0 Å². The number of allylic oxidation sites excluding steroid dienone is 1. The molecule has 0 saturated heterocycles. The molecule has 0 aromatic heterocycles. The summed E-state index contributed by atoms with van der Waals surface area (Å²) < 4.78 is 0. The van der Waals surface area contributed by atoms with Gasteiger partial charge in [-0.3, -0.25) is 4.99 Å². The van der Waals surface area contributed by atoms with E-state index in [0.717, 1.165) is 13.0 Å². The molecular formula is C10H18N2. The number of hydrogen-bond donors (Lipinski definition) is 1. The molecular weight excluding hydrogens is 148 g/mol. The Balaban J connectivity index is 2.33. The van der Waals surface area contributed by atoms with Crippen molar-refractivity contribution in [2.45, 2.75) is 39.3 Å². The molecule has 1 rings (SSSR count). The molecule has 1 aliphatic rings. The Bertz CT molecular complexity index is 192. The molecule has 0 aromatic carbocycles. The largest absolute Gasteiger partial charge is 0.311 e. The van der Waals surface area contributed by atoms with Crippen LogP contribution in [-0.2, 0) is 0 Å². The van der Waals surface area contributed by atoms with Gasteiger partial charge in [0.1, 0.15) is 0 Å². The molecule has 0 saturated carbocycles. The molecule has 0 radical (unpaired) electrons. The first-order valence-corrected chi connectivity index (χ1v) is 4.63. The first-order valence-electron chi connectivity index (χ1n) is 4.63. The Morgan fingerprint density at radius 1 is 1.67 bits per heavy atom. The average molecular weight is 166 g/mol. The van der Waals surface area contributed by atoms with Gasteiger partial charge in [-0.2, -0.15) is 0 Å². The molecule has 2 nitrogen and oxygen atoms in total. The second-order valence-electron chi connectivity index (χ2n) is 3.71. The molecule has 1 heterocycles. The van der Waals surface area contributed by atoms with Gasteiger partial charge in [-0.15, -0.1) is 0 Å². The lowest BCUT2D eigenvalue weighted by Gasteiger charge is -2.16. The van der Waals surface area contributed by atoms with Crippen LogP contribution in [0.4, 0.5) is 0 Å². The van der Waals surface area contributed by atoms with Crippen LogP contribution in [0.2, 0.25) is 0 Å². The minimum absolute atomic E-state index is 0.471. The third kappa shape index (κ3) is 3.18. The highest BCUT2D eigenvalue weighted by atomic mass is 14.9. The lowest BCUT2D eigenvalue weighted by Crippen LogP contribution is -2.26. The van der Waals surface area contributed by atoms with Crippen LogP contribution in [0.25, 0.3) is 0 Å². The van der Waals surface area contributed by atoms with Gasteiger partial charge in [-0.1, -0.05) is 19.4 Å². The summed E-state index contributed by atoms with van der Waals surface area (Å²) in [7, 11) is 0. The topological polar surface area (TPSA) is 24.4 Å². The van der Waals surface area contributed by atoms with E-state index in [4.69, 9.17) is 0 Å². The van der Waals surface area contributed by atoms with E-state index >= 15 is 0 Å². The number of nitrogens with one attached hydrogen (secondary N) is 1. The van der Waals surface area contributed by atoms with E-state index in [0.29, 0.717) is 12.1 Å². The predicted octanol–water partition coefficient (Wildman–Crippen LogP) is 1.77. The third-order valence-corrected chi connectivity index (χ3v) is 1.95. The van der Waals surface area contributed by atoms with Gasteiger partial charge in [0.15, 0.2) is 0 Å². The minimum atomic E-state index is 0.471. The summed E-state index contributed by atoms with van der Waals surface area (Å²) in [6, 6.07) is 1.04. The average Bonchev–Trinajstić information content (AvgIpc) is 2.01. The summed E-state index contributed by atoms with van der Waals surface area (Å²) in [5, 5.41) is 3.41. The Hall–Kier alpha value is -0.630. The maximum Gasteiger partial charge on any atom is 0.0509 e. The fraction of sp³-hybridized carbons (Fsp3) is 0.700. The monoisotopic (exact) mass is 166 g/mol. The predicted molar refractivity (Wildman–Crippen MR) is 53.8 cm³/mol. The quantitative estimate of drug-likeness (QED) is 0.679. The summed E-state index contributed by atoms with van der Waals surface area (Å²) in [4.78, 5) is 4.28. The second-order valence-corrected chi connectivity index (χ2v) is 3.71. The number of hydrogen-bond acceptors (Lipinski definition) is 2. The summed E-state index contributed by atoms with van der Waals surface area (Å²) in [6.45, 7) is 7.49. The van der Waals surface area contributed by atoms with Gasteiger partial charge < -0.3 is 5.32 Å². The van der Waals surface area contributed by atoms with Crippen LogP contribution in [0.15, 0.2) is 16.6 Å².